The standard InChI is InChI=1S/C15H28N2O4S/c1-19-22(3,20-2)10-6-9-21-13-15(18)12-16-11-14-7-4-5-8-17-14/h4-5,7-8,15-16,18H,6,9-13H2,1-3H3. The van der Waals surface area contributed by atoms with Crippen molar-refractivity contribution in [2.75, 3.05) is 46.0 Å². The number of rotatable bonds is 12. The maximum Gasteiger partial charge on any atom is 0.0897 e. The largest absolute Gasteiger partial charge is 0.389 e. The van der Waals surface area contributed by atoms with Gasteiger partial charge in [-0.2, -0.15) is 10.6 Å². The molecule has 7 heteroatoms. The van der Waals surface area contributed by atoms with Gasteiger partial charge in [-0.15, -0.1) is 0 Å². The molecule has 0 spiro atoms. The Labute approximate surface area is 134 Å². The van der Waals surface area contributed by atoms with Crippen LogP contribution >= 0.6 is 10.6 Å². The number of hydrogen-bond donors (Lipinski definition) is 2. The summed E-state index contributed by atoms with van der Waals surface area (Å²) in [4.78, 5) is 4.20. The number of nitrogens with zero attached hydrogens (tertiary/aromatic N) is 1. The average Bonchev–Trinajstić information content (AvgIpc) is 2.55. The smallest absolute Gasteiger partial charge is 0.0897 e. The van der Waals surface area contributed by atoms with Gasteiger partial charge in [0.2, 0.25) is 0 Å². The fourth-order valence-electron chi connectivity index (χ4n) is 1.81. The van der Waals surface area contributed by atoms with Crippen LogP contribution in [0, 0.1) is 0 Å². The van der Waals surface area contributed by atoms with E-state index in [2.05, 4.69) is 10.3 Å². The second-order valence-electron chi connectivity index (χ2n) is 5.00. The van der Waals surface area contributed by atoms with E-state index in [0.29, 0.717) is 26.3 Å². The zero-order chi connectivity index (χ0) is 16.3. The summed E-state index contributed by atoms with van der Waals surface area (Å²) in [5, 5.41) is 13.0. The Morgan fingerprint density at radius 1 is 1.32 bits per heavy atom. The van der Waals surface area contributed by atoms with Gasteiger partial charge in [-0.3, -0.25) is 13.4 Å². The molecule has 0 saturated carbocycles. The van der Waals surface area contributed by atoms with E-state index in [1.165, 1.54) is 0 Å². The summed E-state index contributed by atoms with van der Waals surface area (Å²) < 4.78 is 16.2. The first-order chi connectivity index (χ1) is 10.6. The molecule has 22 heavy (non-hydrogen) atoms. The van der Waals surface area contributed by atoms with Gasteiger partial charge in [-0.25, -0.2) is 0 Å². The van der Waals surface area contributed by atoms with Crippen molar-refractivity contribution in [2.24, 2.45) is 0 Å². The van der Waals surface area contributed by atoms with Gasteiger partial charge in [0.1, 0.15) is 0 Å². The lowest BCUT2D eigenvalue weighted by atomic mass is 10.3. The highest BCUT2D eigenvalue weighted by atomic mass is 32.3. The van der Waals surface area contributed by atoms with Crippen LogP contribution < -0.4 is 5.32 Å². The van der Waals surface area contributed by atoms with Crippen LogP contribution in [0.5, 0.6) is 0 Å². The van der Waals surface area contributed by atoms with Gasteiger partial charge in [0.25, 0.3) is 0 Å². The number of pyridine rings is 1. The minimum atomic E-state index is -1.42. The minimum absolute atomic E-state index is 0.321. The van der Waals surface area contributed by atoms with E-state index in [4.69, 9.17) is 13.1 Å². The molecule has 1 rings (SSSR count). The topological polar surface area (TPSA) is 72.8 Å². The molecule has 0 saturated heterocycles. The number of aromatic nitrogens is 1. The second-order valence-corrected chi connectivity index (χ2v) is 7.92. The van der Waals surface area contributed by atoms with Crippen LogP contribution in [-0.2, 0) is 19.6 Å². The fraction of sp³-hybridized carbons (Fsp3) is 0.667. The molecule has 0 aromatic carbocycles. The van der Waals surface area contributed by atoms with E-state index < -0.39 is 16.7 Å². The van der Waals surface area contributed by atoms with E-state index in [1.54, 1.807) is 20.4 Å². The maximum absolute atomic E-state index is 9.83. The van der Waals surface area contributed by atoms with Gasteiger partial charge < -0.3 is 15.2 Å². The van der Waals surface area contributed by atoms with Crippen molar-refractivity contribution >= 4 is 10.6 Å². The van der Waals surface area contributed by atoms with Crippen LogP contribution in [0.15, 0.2) is 24.4 Å². The molecule has 0 fully saturated rings. The number of hydrogen-bond acceptors (Lipinski definition) is 6. The Hall–Kier alpha value is -0.700. The number of ether oxygens (including phenoxy) is 1. The van der Waals surface area contributed by atoms with Crippen LogP contribution in [0.25, 0.3) is 0 Å². The van der Waals surface area contributed by atoms with E-state index in [1.807, 2.05) is 24.5 Å². The fourth-order valence-corrected chi connectivity index (χ4v) is 2.92. The Kier molecular flexibility index (Phi) is 9.61. The summed E-state index contributed by atoms with van der Waals surface area (Å²) in [6.45, 7) is 2.03. The van der Waals surface area contributed by atoms with Crippen molar-refractivity contribution in [3.8, 4) is 0 Å². The van der Waals surface area contributed by atoms with Gasteiger partial charge in [0.05, 0.1) is 32.6 Å². The first-order valence-electron chi connectivity index (χ1n) is 7.33. The van der Waals surface area contributed by atoms with Gasteiger partial charge in [-0.1, -0.05) is 6.07 Å². The molecule has 0 amide bonds. The highest BCUT2D eigenvalue weighted by Crippen LogP contribution is 2.44. The van der Waals surface area contributed by atoms with Gasteiger partial charge >= 0.3 is 0 Å². The zero-order valence-electron chi connectivity index (χ0n) is 13.7. The normalized spacial score (nSPS) is 14.0. The Morgan fingerprint density at radius 2 is 2.09 bits per heavy atom. The quantitative estimate of drug-likeness (QED) is 0.565. The summed E-state index contributed by atoms with van der Waals surface area (Å²) in [7, 11) is 1.90. The molecule has 1 aromatic rings. The van der Waals surface area contributed by atoms with E-state index in [0.717, 1.165) is 17.9 Å². The number of aliphatic hydroxyl groups excluding tert-OH is 1. The highest BCUT2D eigenvalue weighted by molar-refractivity contribution is 8.25. The first-order valence-corrected chi connectivity index (χ1v) is 9.39. The van der Waals surface area contributed by atoms with Crippen LogP contribution in [0.3, 0.4) is 0 Å². The van der Waals surface area contributed by atoms with Crippen LogP contribution in [0.4, 0.5) is 0 Å². The molecule has 1 aromatic heterocycles. The lowest BCUT2D eigenvalue weighted by Crippen LogP contribution is -2.30. The van der Waals surface area contributed by atoms with Crippen LogP contribution in [0.2, 0.25) is 0 Å². The molecule has 0 aliphatic rings. The Balaban J connectivity index is 2.03. The predicted octanol–water partition coefficient (Wildman–Crippen LogP) is 1.50. The third kappa shape index (κ3) is 8.07. The molecular weight excluding hydrogens is 304 g/mol. The van der Waals surface area contributed by atoms with Gasteiger partial charge in [0, 0.05) is 37.9 Å². The summed E-state index contributed by atoms with van der Waals surface area (Å²) in [6, 6.07) is 5.77. The molecule has 1 unspecified atom stereocenters. The number of aliphatic hydroxyl groups is 1. The third-order valence-electron chi connectivity index (χ3n) is 3.23. The summed E-state index contributed by atoms with van der Waals surface area (Å²) >= 11 is 0. The average molecular weight is 332 g/mol. The molecule has 6 nitrogen and oxygen atoms in total. The summed E-state index contributed by atoms with van der Waals surface area (Å²) in [5.74, 6) is 0.827. The highest BCUT2D eigenvalue weighted by Gasteiger charge is 2.11. The second kappa shape index (κ2) is 10.9. The molecule has 0 aliphatic heterocycles. The van der Waals surface area contributed by atoms with Crippen LogP contribution in [0.1, 0.15) is 12.1 Å². The molecule has 128 valence electrons. The minimum Gasteiger partial charge on any atom is -0.389 e. The molecule has 2 N–H and O–H groups in total. The van der Waals surface area contributed by atoms with E-state index in [-0.39, 0.29) is 0 Å². The van der Waals surface area contributed by atoms with E-state index in [9.17, 15) is 5.11 Å². The molecule has 0 aliphatic carbocycles. The molecular formula is C15H28N2O4S. The van der Waals surface area contributed by atoms with Gasteiger partial charge in [0.15, 0.2) is 0 Å². The van der Waals surface area contributed by atoms with Crippen molar-refractivity contribution in [1.29, 1.82) is 0 Å². The van der Waals surface area contributed by atoms with Gasteiger partial charge in [-0.05, 0) is 18.6 Å². The third-order valence-corrected chi connectivity index (χ3v) is 5.67. The van der Waals surface area contributed by atoms with Crippen molar-refractivity contribution in [3.05, 3.63) is 30.1 Å². The monoisotopic (exact) mass is 332 g/mol. The zero-order valence-corrected chi connectivity index (χ0v) is 14.5. The summed E-state index contributed by atoms with van der Waals surface area (Å²) in [6.07, 6.45) is 4.06. The molecule has 0 bridgehead atoms. The van der Waals surface area contributed by atoms with Crippen LogP contribution in [-0.4, -0.2) is 62.2 Å². The van der Waals surface area contributed by atoms with Crippen molar-refractivity contribution < 1.29 is 18.2 Å². The molecule has 0 radical (unpaired) electrons. The van der Waals surface area contributed by atoms with Crippen molar-refractivity contribution in [3.63, 3.8) is 0 Å². The SMILES string of the molecule is COS(C)(CCCOCC(O)CNCc1ccccn1)OC. The van der Waals surface area contributed by atoms with E-state index >= 15 is 0 Å². The lowest BCUT2D eigenvalue weighted by Gasteiger charge is -2.36. The van der Waals surface area contributed by atoms with Crippen molar-refractivity contribution in [2.45, 2.75) is 19.1 Å². The maximum atomic E-state index is 9.83. The first kappa shape index (κ1) is 19.3. The summed E-state index contributed by atoms with van der Waals surface area (Å²) in [5.41, 5.74) is 0.956. The molecule has 1 heterocycles. The lowest BCUT2D eigenvalue weighted by molar-refractivity contribution is 0.0372. The molecule has 1 atom stereocenters. The number of nitrogens with one attached hydrogen (secondary N) is 1. The predicted molar refractivity (Wildman–Crippen MR) is 89.8 cm³/mol. The Bertz CT molecular complexity index is 390. The van der Waals surface area contributed by atoms with Crippen molar-refractivity contribution in [1.82, 2.24) is 10.3 Å². The Morgan fingerprint density at radius 3 is 2.73 bits per heavy atom.